The van der Waals surface area contributed by atoms with Crippen molar-refractivity contribution in [3.8, 4) is 0 Å². The van der Waals surface area contributed by atoms with E-state index < -0.39 is 0 Å². The molecule has 2 heteroatoms. The Morgan fingerprint density at radius 2 is 1.81 bits per heavy atom. The van der Waals surface area contributed by atoms with Crippen LogP contribution in [-0.4, -0.2) is 10.8 Å². The Balaban J connectivity index is 2.18. The summed E-state index contributed by atoms with van der Waals surface area (Å²) in [4.78, 5) is 4.61. The monoisotopic (exact) mass is 282 g/mol. The maximum atomic E-state index is 4.61. The highest BCUT2D eigenvalue weighted by Gasteiger charge is 2.05. The van der Waals surface area contributed by atoms with Gasteiger partial charge in [-0.2, -0.15) is 0 Å². The smallest absolute Gasteiger partial charge is 0.0630 e. The second-order valence-corrected chi connectivity index (χ2v) is 5.73. The summed E-state index contributed by atoms with van der Waals surface area (Å²) in [5.41, 5.74) is 6.20. The van der Waals surface area contributed by atoms with Crippen LogP contribution in [0.4, 0.5) is 5.69 Å². The number of hydrogen-bond acceptors (Lipinski definition) is 1. The highest BCUT2D eigenvalue weighted by atomic mass is 15.0. The standard InChI is InChI=1S/C19H26N2/c1-6-14(3)17-8-10-19(11-9-17)20-13-18-12-15(4)21(7-2)16(18)5/h8-14H,6-7H2,1-5H3/t14-/m1/s1. The average molecular weight is 282 g/mol. The van der Waals surface area contributed by atoms with Gasteiger partial charge in [0.1, 0.15) is 0 Å². The Kier molecular flexibility index (Phi) is 5.00. The van der Waals surface area contributed by atoms with Crippen LogP contribution >= 0.6 is 0 Å². The van der Waals surface area contributed by atoms with Crippen molar-refractivity contribution in [3.63, 3.8) is 0 Å². The van der Waals surface area contributed by atoms with Gasteiger partial charge in [0, 0.05) is 29.7 Å². The number of aryl methyl sites for hydroxylation is 1. The van der Waals surface area contributed by atoms with Crippen LogP contribution in [0, 0.1) is 13.8 Å². The number of aliphatic imine (C=N–C) groups is 1. The molecule has 2 rings (SSSR count). The quantitative estimate of drug-likeness (QED) is 0.654. The molecule has 1 heterocycles. The first kappa shape index (κ1) is 15.6. The molecular formula is C19H26N2. The molecule has 2 aromatic rings. The van der Waals surface area contributed by atoms with E-state index in [1.807, 2.05) is 6.21 Å². The van der Waals surface area contributed by atoms with Crippen molar-refractivity contribution >= 4 is 11.9 Å². The van der Waals surface area contributed by atoms with Crippen molar-refractivity contribution in [1.82, 2.24) is 4.57 Å². The van der Waals surface area contributed by atoms with Crippen molar-refractivity contribution < 1.29 is 0 Å². The minimum absolute atomic E-state index is 0.617. The number of benzene rings is 1. The Morgan fingerprint density at radius 3 is 2.33 bits per heavy atom. The molecule has 0 fully saturated rings. The van der Waals surface area contributed by atoms with Gasteiger partial charge < -0.3 is 4.57 Å². The molecule has 1 aromatic carbocycles. The van der Waals surface area contributed by atoms with Gasteiger partial charge in [0.25, 0.3) is 0 Å². The van der Waals surface area contributed by atoms with Gasteiger partial charge in [-0.25, -0.2) is 0 Å². The van der Waals surface area contributed by atoms with E-state index in [-0.39, 0.29) is 0 Å². The second kappa shape index (κ2) is 6.75. The van der Waals surface area contributed by atoms with Gasteiger partial charge in [0.05, 0.1) is 5.69 Å². The summed E-state index contributed by atoms with van der Waals surface area (Å²) in [6.07, 6.45) is 3.15. The molecule has 112 valence electrons. The highest BCUT2D eigenvalue weighted by molar-refractivity contribution is 5.83. The number of rotatable bonds is 5. The number of nitrogens with zero attached hydrogens (tertiary/aromatic N) is 2. The van der Waals surface area contributed by atoms with E-state index in [0.717, 1.165) is 12.2 Å². The normalized spacial score (nSPS) is 13.0. The third-order valence-electron chi connectivity index (χ3n) is 4.36. The maximum Gasteiger partial charge on any atom is 0.0630 e. The molecule has 0 amide bonds. The van der Waals surface area contributed by atoms with E-state index >= 15 is 0 Å². The SMILES string of the molecule is CC[C@@H](C)c1ccc(N=Cc2cc(C)n(CC)c2C)cc1. The largest absolute Gasteiger partial charge is 0.349 e. The molecule has 1 atom stereocenters. The Labute approximate surface area is 128 Å². The zero-order chi connectivity index (χ0) is 15.4. The fourth-order valence-corrected chi connectivity index (χ4v) is 2.71. The average Bonchev–Trinajstić information content (AvgIpc) is 2.78. The molecule has 0 saturated carbocycles. The fraction of sp³-hybridized carbons (Fsp3) is 0.421. The molecule has 2 nitrogen and oxygen atoms in total. The van der Waals surface area contributed by atoms with Crippen LogP contribution in [0.15, 0.2) is 35.3 Å². The molecule has 0 aliphatic carbocycles. The molecule has 0 aliphatic rings. The third-order valence-corrected chi connectivity index (χ3v) is 4.36. The van der Waals surface area contributed by atoms with Crippen molar-refractivity contribution in [2.45, 2.75) is 53.5 Å². The maximum absolute atomic E-state index is 4.61. The van der Waals surface area contributed by atoms with Gasteiger partial charge in [-0.15, -0.1) is 0 Å². The summed E-state index contributed by atoms with van der Waals surface area (Å²) in [5.74, 6) is 0.617. The number of hydrogen-bond donors (Lipinski definition) is 0. The second-order valence-electron chi connectivity index (χ2n) is 5.73. The minimum Gasteiger partial charge on any atom is -0.349 e. The van der Waals surface area contributed by atoms with Crippen molar-refractivity contribution in [2.75, 3.05) is 0 Å². The van der Waals surface area contributed by atoms with Crippen molar-refractivity contribution in [3.05, 3.63) is 52.8 Å². The van der Waals surface area contributed by atoms with E-state index in [1.54, 1.807) is 0 Å². The molecule has 0 bridgehead atoms. The van der Waals surface area contributed by atoms with E-state index in [1.165, 1.54) is 28.9 Å². The van der Waals surface area contributed by atoms with Gasteiger partial charge in [0.15, 0.2) is 0 Å². The summed E-state index contributed by atoms with van der Waals surface area (Å²) in [5, 5.41) is 0. The van der Waals surface area contributed by atoms with Crippen LogP contribution in [0.5, 0.6) is 0 Å². The van der Waals surface area contributed by atoms with Crippen LogP contribution in [0.25, 0.3) is 0 Å². The van der Waals surface area contributed by atoms with Crippen LogP contribution in [-0.2, 0) is 6.54 Å². The summed E-state index contributed by atoms with van der Waals surface area (Å²) in [6.45, 7) is 12.0. The van der Waals surface area contributed by atoms with E-state index in [9.17, 15) is 0 Å². The molecule has 0 unspecified atom stereocenters. The lowest BCUT2D eigenvalue weighted by Crippen LogP contribution is -1.99. The lowest BCUT2D eigenvalue weighted by molar-refractivity contribution is 0.718. The van der Waals surface area contributed by atoms with Crippen LogP contribution in [0.2, 0.25) is 0 Å². The topological polar surface area (TPSA) is 17.3 Å². The van der Waals surface area contributed by atoms with Gasteiger partial charge in [-0.3, -0.25) is 4.99 Å². The Bertz CT molecular complexity index is 618. The molecule has 0 aliphatic heterocycles. The summed E-state index contributed by atoms with van der Waals surface area (Å²) < 4.78 is 2.31. The molecule has 0 N–H and O–H groups in total. The minimum atomic E-state index is 0.617. The lowest BCUT2D eigenvalue weighted by atomic mass is 9.99. The van der Waals surface area contributed by atoms with E-state index in [2.05, 4.69) is 74.5 Å². The van der Waals surface area contributed by atoms with E-state index in [0.29, 0.717) is 5.92 Å². The Morgan fingerprint density at radius 1 is 1.14 bits per heavy atom. The highest BCUT2D eigenvalue weighted by Crippen LogP contribution is 2.22. The van der Waals surface area contributed by atoms with Gasteiger partial charge in [-0.1, -0.05) is 26.0 Å². The first-order valence-corrected chi connectivity index (χ1v) is 7.87. The predicted octanol–water partition coefficient (Wildman–Crippen LogP) is 5.39. The molecule has 0 saturated heterocycles. The molecule has 0 radical (unpaired) electrons. The van der Waals surface area contributed by atoms with E-state index in [4.69, 9.17) is 0 Å². The van der Waals surface area contributed by atoms with Crippen molar-refractivity contribution in [1.29, 1.82) is 0 Å². The molecule has 0 spiro atoms. The third kappa shape index (κ3) is 3.44. The van der Waals surface area contributed by atoms with Gasteiger partial charge in [0.2, 0.25) is 0 Å². The molecular weight excluding hydrogens is 256 g/mol. The molecule has 21 heavy (non-hydrogen) atoms. The van der Waals surface area contributed by atoms with Gasteiger partial charge >= 0.3 is 0 Å². The summed E-state index contributed by atoms with van der Waals surface area (Å²) >= 11 is 0. The lowest BCUT2D eigenvalue weighted by Gasteiger charge is -2.08. The fourth-order valence-electron chi connectivity index (χ4n) is 2.71. The first-order chi connectivity index (χ1) is 10.1. The summed E-state index contributed by atoms with van der Waals surface area (Å²) in [7, 11) is 0. The van der Waals surface area contributed by atoms with Crippen LogP contribution < -0.4 is 0 Å². The van der Waals surface area contributed by atoms with Gasteiger partial charge in [-0.05, 0) is 56.9 Å². The zero-order valence-corrected chi connectivity index (χ0v) is 13.9. The van der Waals surface area contributed by atoms with Crippen LogP contribution in [0.1, 0.15) is 55.6 Å². The first-order valence-electron chi connectivity index (χ1n) is 7.87. The van der Waals surface area contributed by atoms with Crippen molar-refractivity contribution in [2.24, 2.45) is 4.99 Å². The Hall–Kier alpha value is -1.83. The summed E-state index contributed by atoms with van der Waals surface area (Å²) in [6, 6.07) is 10.8. The predicted molar refractivity (Wildman–Crippen MR) is 92.0 cm³/mol. The zero-order valence-electron chi connectivity index (χ0n) is 13.9. The van der Waals surface area contributed by atoms with Crippen LogP contribution in [0.3, 0.4) is 0 Å². The number of aromatic nitrogens is 1. The molecule has 1 aromatic heterocycles.